The van der Waals surface area contributed by atoms with E-state index in [9.17, 15) is 0 Å². The van der Waals surface area contributed by atoms with Crippen LogP contribution in [0.25, 0.3) is 0 Å². The standard InChI is InChI=1S/C5H7NO2.H2O3S/c1-6-2-4(7)5(8)3-6;1-4(2)3/h2-3,7-8H,1H3;(H2,1,2,3). The van der Waals surface area contributed by atoms with E-state index in [4.69, 9.17) is 23.5 Å². The molecule has 0 aliphatic rings. The van der Waals surface area contributed by atoms with Crippen LogP contribution in [0.4, 0.5) is 0 Å². The van der Waals surface area contributed by atoms with Crippen LogP contribution in [0.5, 0.6) is 11.5 Å². The Morgan fingerprint density at radius 3 is 1.58 bits per heavy atom. The maximum atomic E-state index is 8.67. The van der Waals surface area contributed by atoms with E-state index in [1.807, 2.05) is 0 Å². The summed E-state index contributed by atoms with van der Waals surface area (Å²) < 4.78 is 24.4. The van der Waals surface area contributed by atoms with E-state index in [2.05, 4.69) is 0 Å². The van der Waals surface area contributed by atoms with Crippen LogP contribution in [-0.4, -0.2) is 28.1 Å². The Balaban J connectivity index is 0.000000261. The van der Waals surface area contributed by atoms with Crippen molar-refractivity contribution in [1.82, 2.24) is 4.57 Å². The Labute approximate surface area is 71.2 Å². The van der Waals surface area contributed by atoms with Gasteiger partial charge >= 0.3 is 0 Å². The monoisotopic (exact) mass is 195 g/mol. The van der Waals surface area contributed by atoms with Crippen LogP contribution in [0.2, 0.25) is 0 Å². The molecule has 4 N–H and O–H groups in total. The number of aromatic nitrogens is 1. The summed E-state index contributed by atoms with van der Waals surface area (Å²) in [6.07, 6.45) is 2.85. The molecule has 0 bridgehead atoms. The molecule has 6 nitrogen and oxygen atoms in total. The number of hydrogen-bond donors (Lipinski definition) is 4. The molecule has 7 heteroatoms. The van der Waals surface area contributed by atoms with Gasteiger partial charge in [-0.05, 0) is 0 Å². The molecule has 1 aromatic rings. The fourth-order valence-corrected chi connectivity index (χ4v) is 0.555. The molecule has 1 rings (SSSR count). The Bertz CT molecular complexity index is 247. The predicted molar refractivity (Wildman–Crippen MR) is 42.1 cm³/mol. The lowest BCUT2D eigenvalue weighted by atomic mass is 10.6. The molecule has 1 heterocycles. The molecule has 0 amide bonds. The first kappa shape index (κ1) is 11.0. The molecule has 1 aromatic heterocycles. The van der Waals surface area contributed by atoms with Crippen LogP contribution < -0.4 is 0 Å². The molecule has 70 valence electrons. The van der Waals surface area contributed by atoms with Gasteiger partial charge in [-0.1, -0.05) is 0 Å². The zero-order chi connectivity index (χ0) is 9.72. The molecule has 0 fully saturated rings. The van der Waals surface area contributed by atoms with Crippen molar-refractivity contribution in [3.63, 3.8) is 0 Å². The highest BCUT2D eigenvalue weighted by atomic mass is 32.2. The van der Waals surface area contributed by atoms with E-state index in [1.54, 1.807) is 11.6 Å². The van der Waals surface area contributed by atoms with E-state index >= 15 is 0 Å². The Kier molecular flexibility index (Phi) is 4.34. The van der Waals surface area contributed by atoms with Crippen molar-refractivity contribution in [1.29, 1.82) is 0 Å². The second-order valence-electron chi connectivity index (χ2n) is 1.92. The van der Waals surface area contributed by atoms with Crippen molar-refractivity contribution < 1.29 is 23.5 Å². The normalized spacial score (nSPS) is 9.33. The van der Waals surface area contributed by atoms with Gasteiger partial charge in [0.1, 0.15) is 0 Å². The molecular formula is C5H9NO5S. The number of nitrogens with zero attached hydrogens (tertiary/aromatic N) is 1. The first-order valence-electron chi connectivity index (χ1n) is 2.77. The van der Waals surface area contributed by atoms with Gasteiger partial charge in [0.05, 0.1) is 0 Å². The summed E-state index contributed by atoms with van der Waals surface area (Å²) in [5.41, 5.74) is 0. The van der Waals surface area contributed by atoms with Crippen LogP contribution >= 0.6 is 0 Å². The summed E-state index contributed by atoms with van der Waals surface area (Å²) in [5, 5.41) is 17.3. The fourth-order valence-electron chi connectivity index (χ4n) is 0.555. The zero-order valence-electron chi connectivity index (χ0n) is 6.21. The van der Waals surface area contributed by atoms with E-state index in [0.717, 1.165) is 0 Å². The molecule has 0 saturated heterocycles. The van der Waals surface area contributed by atoms with Crippen molar-refractivity contribution in [3.8, 4) is 11.5 Å². The maximum Gasteiger partial charge on any atom is 0.299 e. The third-order valence-corrected chi connectivity index (χ3v) is 0.914. The van der Waals surface area contributed by atoms with E-state index in [-0.39, 0.29) is 11.5 Å². The molecule has 0 aromatic carbocycles. The van der Waals surface area contributed by atoms with E-state index < -0.39 is 11.4 Å². The lowest BCUT2D eigenvalue weighted by molar-refractivity contribution is 0.407. The summed E-state index contributed by atoms with van der Waals surface area (Å²) in [4.78, 5) is 0. The summed E-state index contributed by atoms with van der Waals surface area (Å²) >= 11 is -2.61. The molecule has 0 saturated carbocycles. The van der Waals surface area contributed by atoms with Gasteiger partial charge in [0.2, 0.25) is 0 Å². The first-order valence-corrected chi connectivity index (χ1v) is 3.83. The highest BCUT2D eigenvalue weighted by molar-refractivity contribution is 7.73. The van der Waals surface area contributed by atoms with Crippen LogP contribution in [0.3, 0.4) is 0 Å². The smallest absolute Gasteiger partial charge is 0.299 e. The van der Waals surface area contributed by atoms with E-state index in [0.29, 0.717) is 0 Å². The zero-order valence-corrected chi connectivity index (χ0v) is 7.02. The molecule has 0 aliphatic heterocycles. The van der Waals surface area contributed by atoms with Crippen molar-refractivity contribution in [2.75, 3.05) is 0 Å². The Morgan fingerprint density at radius 2 is 1.50 bits per heavy atom. The van der Waals surface area contributed by atoms with Gasteiger partial charge < -0.3 is 14.8 Å². The molecule has 0 radical (unpaired) electrons. The van der Waals surface area contributed by atoms with Crippen molar-refractivity contribution in [2.24, 2.45) is 7.05 Å². The highest BCUT2D eigenvalue weighted by Gasteiger charge is 1.97. The summed E-state index contributed by atoms with van der Waals surface area (Å²) in [5.74, 6) is -0.153. The van der Waals surface area contributed by atoms with Gasteiger partial charge in [-0.2, -0.15) is 4.21 Å². The highest BCUT2D eigenvalue weighted by Crippen LogP contribution is 2.23. The Hall–Kier alpha value is -1.05. The van der Waals surface area contributed by atoms with Gasteiger partial charge in [0.25, 0.3) is 11.4 Å². The first-order chi connectivity index (χ1) is 5.43. The molecule has 0 spiro atoms. The minimum absolute atomic E-state index is 0.0764. The topological polar surface area (TPSA) is 103 Å². The third-order valence-electron chi connectivity index (χ3n) is 0.914. The number of hydrogen-bond acceptors (Lipinski definition) is 3. The summed E-state index contributed by atoms with van der Waals surface area (Å²) in [6, 6.07) is 0. The lowest BCUT2D eigenvalue weighted by Crippen LogP contribution is -1.76. The number of rotatable bonds is 0. The molecule has 12 heavy (non-hydrogen) atoms. The van der Waals surface area contributed by atoms with Gasteiger partial charge in [-0.15, -0.1) is 0 Å². The second-order valence-corrected chi connectivity index (χ2v) is 2.39. The molecule has 0 atom stereocenters. The quantitative estimate of drug-likeness (QED) is 0.440. The summed E-state index contributed by atoms with van der Waals surface area (Å²) in [6.45, 7) is 0. The average molecular weight is 195 g/mol. The lowest BCUT2D eigenvalue weighted by Gasteiger charge is -1.79. The molecular weight excluding hydrogens is 186 g/mol. The fraction of sp³-hybridized carbons (Fsp3) is 0.200. The van der Waals surface area contributed by atoms with Crippen molar-refractivity contribution in [2.45, 2.75) is 0 Å². The molecule has 0 aliphatic carbocycles. The van der Waals surface area contributed by atoms with Crippen molar-refractivity contribution in [3.05, 3.63) is 12.4 Å². The van der Waals surface area contributed by atoms with Gasteiger partial charge in [0, 0.05) is 19.4 Å². The third kappa shape index (κ3) is 4.72. The number of aryl methyl sites for hydroxylation is 1. The largest absolute Gasteiger partial charge is 0.503 e. The van der Waals surface area contributed by atoms with Crippen LogP contribution in [0.15, 0.2) is 12.4 Å². The van der Waals surface area contributed by atoms with Gasteiger partial charge in [-0.3, -0.25) is 9.11 Å². The second kappa shape index (κ2) is 4.75. The minimum atomic E-state index is -2.61. The Morgan fingerprint density at radius 1 is 1.25 bits per heavy atom. The van der Waals surface area contributed by atoms with Crippen LogP contribution in [-0.2, 0) is 18.4 Å². The van der Waals surface area contributed by atoms with E-state index in [1.165, 1.54) is 12.4 Å². The van der Waals surface area contributed by atoms with Gasteiger partial charge in [0.15, 0.2) is 11.5 Å². The summed E-state index contributed by atoms with van der Waals surface area (Å²) in [7, 11) is 1.72. The predicted octanol–water partition coefficient (Wildman–Crippen LogP) is 0.117. The van der Waals surface area contributed by atoms with Crippen molar-refractivity contribution >= 4 is 11.4 Å². The van der Waals surface area contributed by atoms with Crippen LogP contribution in [0.1, 0.15) is 0 Å². The minimum Gasteiger partial charge on any atom is -0.503 e. The SMILES string of the molecule is Cn1cc(O)c(O)c1.O=S(O)O. The average Bonchev–Trinajstić information content (AvgIpc) is 2.08. The maximum absolute atomic E-state index is 8.67. The number of aromatic hydroxyl groups is 2. The van der Waals surface area contributed by atoms with Crippen LogP contribution in [0, 0.1) is 0 Å². The van der Waals surface area contributed by atoms with Gasteiger partial charge in [-0.25, -0.2) is 0 Å². The molecule has 0 unspecified atom stereocenters.